The minimum Gasteiger partial charge on any atom is -0.310 e. The lowest BCUT2D eigenvalue weighted by atomic mass is 10.2. The molecule has 20 heavy (non-hydrogen) atoms. The number of hydrogen-bond acceptors (Lipinski definition) is 6. The van der Waals surface area contributed by atoms with Gasteiger partial charge in [-0.15, -0.1) is 23.1 Å². The molecule has 0 saturated heterocycles. The van der Waals surface area contributed by atoms with E-state index in [9.17, 15) is 4.79 Å². The molecule has 0 aromatic carbocycles. The molecule has 2 aromatic heterocycles. The molecule has 0 aliphatic carbocycles. The van der Waals surface area contributed by atoms with Crippen molar-refractivity contribution >= 4 is 34.8 Å². The number of rotatable bonds is 6. The van der Waals surface area contributed by atoms with Crippen molar-refractivity contribution in [2.75, 3.05) is 11.1 Å². The van der Waals surface area contributed by atoms with Gasteiger partial charge in [-0.05, 0) is 17.7 Å². The Hall–Kier alpha value is -1.91. The number of nitrogens with zero attached hydrogens (tertiary/aromatic N) is 3. The molecule has 102 valence electrons. The van der Waals surface area contributed by atoms with Gasteiger partial charge in [0.05, 0.1) is 29.4 Å². The third-order valence-electron chi connectivity index (χ3n) is 2.34. The number of thioether (sulfide) groups is 1. The zero-order valence-electron chi connectivity index (χ0n) is 10.6. The van der Waals surface area contributed by atoms with Crippen molar-refractivity contribution in [2.45, 2.75) is 12.2 Å². The number of nitriles is 1. The summed E-state index contributed by atoms with van der Waals surface area (Å²) in [6.45, 7) is 0. The van der Waals surface area contributed by atoms with Gasteiger partial charge in [0.25, 0.3) is 0 Å². The molecule has 0 fully saturated rings. The quantitative estimate of drug-likeness (QED) is 0.887. The van der Waals surface area contributed by atoms with E-state index in [2.05, 4.69) is 21.4 Å². The number of aromatic nitrogens is 2. The molecule has 0 unspecified atom stereocenters. The Kier molecular flexibility index (Phi) is 5.53. The fourth-order valence-electron chi connectivity index (χ4n) is 1.48. The molecular formula is C13H12N4OS2. The summed E-state index contributed by atoms with van der Waals surface area (Å²) in [4.78, 5) is 20.0. The van der Waals surface area contributed by atoms with Crippen LogP contribution in [0.5, 0.6) is 0 Å². The molecule has 2 aromatic rings. The first-order valence-electron chi connectivity index (χ1n) is 5.84. The van der Waals surface area contributed by atoms with Gasteiger partial charge in [0.1, 0.15) is 5.82 Å². The monoisotopic (exact) mass is 304 g/mol. The van der Waals surface area contributed by atoms with Crippen molar-refractivity contribution in [1.29, 1.82) is 5.26 Å². The van der Waals surface area contributed by atoms with Crippen LogP contribution >= 0.6 is 23.1 Å². The van der Waals surface area contributed by atoms with E-state index in [1.807, 2.05) is 5.38 Å². The third kappa shape index (κ3) is 4.64. The molecule has 0 bridgehead atoms. The number of thiazole rings is 1. The van der Waals surface area contributed by atoms with Gasteiger partial charge in [0.2, 0.25) is 5.91 Å². The molecule has 0 aliphatic heterocycles. The molecule has 1 N–H and O–H groups in total. The number of nitrogens with one attached hydrogen (secondary N) is 1. The molecule has 0 aliphatic rings. The first-order chi connectivity index (χ1) is 9.78. The highest BCUT2D eigenvalue weighted by Crippen LogP contribution is 2.13. The van der Waals surface area contributed by atoms with Gasteiger partial charge in [-0.3, -0.25) is 4.79 Å². The van der Waals surface area contributed by atoms with Gasteiger partial charge in [0.15, 0.2) is 0 Å². The van der Waals surface area contributed by atoms with Crippen LogP contribution in [0.3, 0.4) is 0 Å². The van der Waals surface area contributed by atoms with Crippen molar-refractivity contribution in [2.24, 2.45) is 0 Å². The lowest BCUT2D eigenvalue weighted by molar-refractivity contribution is -0.113. The molecule has 0 spiro atoms. The maximum absolute atomic E-state index is 11.8. The van der Waals surface area contributed by atoms with Crippen LogP contribution in [0.4, 0.5) is 5.82 Å². The summed E-state index contributed by atoms with van der Waals surface area (Å²) in [5, 5.41) is 13.3. The third-order valence-corrected chi connectivity index (χ3v) is 3.94. The molecule has 5 nitrogen and oxygen atoms in total. The molecule has 0 atom stereocenters. The highest BCUT2D eigenvalue weighted by molar-refractivity contribution is 7.99. The molecule has 0 radical (unpaired) electrons. The summed E-state index contributed by atoms with van der Waals surface area (Å²) in [6, 6.07) is 5.54. The van der Waals surface area contributed by atoms with Crippen molar-refractivity contribution in [3.05, 3.63) is 40.5 Å². The van der Waals surface area contributed by atoms with Crippen LogP contribution in [0, 0.1) is 11.3 Å². The number of amides is 1. The molecular weight excluding hydrogens is 292 g/mol. The van der Waals surface area contributed by atoms with Gasteiger partial charge in [-0.25, -0.2) is 9.97 Å². The van der Waals surface area contributed by atoms with Crippen LogP contribution in [-0.4, -0.2) is 21.6 Å². The maximum atomic E-state index is 11.8. The van der Waals surface area contributed by atoms with Crippen molar-refractivity contribution in [3.8, 4) is 6.07 Å². The van der Waals surface area contributed by atoms with Crippen LogP contribution in [0.1, 0.15) is 11.3 Å². The van der Waals surface area contributed by atoms with Gasteiger partial charge in [0, 0.05) is 17.3 Å². The highest BCUT2D eigenvalue weighted by atomic mass is 32.2. The van der Waals surface area contributed by atoms with Crippen molar-refractivity contribution < 1.29 is 4.79 Å². The van der Waals surface area contributed by atoms with Crippen molar-refractivity contribution in [1.82, 2.24) is 9.97 Å². The Morgan fingerprint density at radius 3 is 3.15 bits per heavy atom. The Labute approximate surface area is 125 Å². The topological polar surface area (TPSA) is 78.7 Å². The number of pyridine rings is 1. The summed E-state index contributed by atoms with van der Waals surface area (Å²) >= 11 is 3.05. The SMILES string of the molecule is N#CCc1ccnc(NC(=O)CSCc2cscn2)c1. The van der Waals surface area contributed by atoms with E-state index in [4.69, 9.17) is 5.26 Å². The van der Waals surface area contributed by atoms with Crippen LogP contribution in [-0.2, 0) is 17.0 Å². The van der Waals surface area contributed by atoms with E-state index in [0.717, 1.165) is 17.0 Å². The average Bonchev–Trinajstić information content (AvgIpc) is 2.93. The van der Waals surface area contributed by atoms with E-state index >= 15 is 0 Å². The van der Waals surface area contributed by atoms with Gasteiger partial charge >= 0.3 is 0 Å². The number of carbonyl (C=O) groups excluding carboxylic acids is 1. The zero-order chi connectivity index (χ0) is 14.2. The first-order valence-corrected chi connectivity index (χ1v) is 7.94. The van der Waals surface area contributed by atoms with E-state index in [1.165, 1.54) is 11.8 Å². The van der Waals surface area contributed by atoms with E-state index in [1.54, 1.807) is 35.2 Å². The van der Waals surface area contributed by atoms with E-state index in [-0.39, 0.29) is 5.91 Å². The minimum atomic E-state index is -0.105. The maximum Gasteiger partial charge on any atom is 0.235 e. The lowest BCUT2D eigenvalue weighted by Gasteiger charge is -2.04. The summed E-state index contributed by atoms with van der Waals surface area (Å²) < 4.78 is 0. The predicted octanol–water partition coefficient (Wildman–Crippen LogP) is 2.48. The number of anilines is 1. The lowest BCUT2D eigenvalue weighted by Crippen LogP contribution is -2.15. The molecule has 2 rings (SSSR count). The number of hydrogen-bond donors (Lipinski definition) is 1. The molecule has 0 saturated carbocycles. The van der Waals surface area contributed by atoms with Crippen molar-refractivity contribution in [3.63, 3.8) is 0 Å². The zero-order valence-corrected chi connectivity index (χ0v) is 12.2. The standard InChI is InChI=1S/C13H12N4OS2/c14-3-1-10-2-4-15-12(5-10)17-13(18)8-19-6-11-7-20-9-16-11/h2,4-5,7,9H,1,6,8H2,(H,15,17,18). The van der Waals surface area contributed by atoms with Crippen LogP contribution in [0.2, 0.25) is 0 Å². The summed E-state index contributed by atoms with van der Waals surface area (Å²) in [5.74, 6) is 1.45. The van der Waals surface area contributed by atoms with Gasteiger partial charge in [-0.2, -0.15) is 5.26 Å². The first kappa shape index (κ1) is 14.5. The van der Waals surface area contributed by atoms with E-state index < -0.39 is 0 Å². The largest absolute Gasteiger partial charge is 0.310 e. The van der Waals surface area contributed by atoms with Crippen LogP contribution in [0.25, 0.3) is 0 Å². The second-order valence-electron chi connectivity index (χ2n) is 3.90. The Balaban J connectivity index is 1.79. The molecule has 1 amide bonds. The Morgan fingerprint density at radius 2 is 2.40 bits per heavy atom. The summed E-state index contributed by atoms with van der Waals surface area (Å²) in [6.07, 6.45) is 1.90. The van der Waals surface area contributed by atoms with Crippen LogP contribution < -0.4 is 5.32 Å². The Bertz CT molecular complexity index is 607. The average molecular weight is 304 g/mol. The molecule has 2 heterocycles. The second kappa shape index (κ2) is 7.62. The van der Waals surface area contributed by atoms with Gasteiger partial charge < -0.3 is 5.32 Å². The summed E-state index contributed by atoms with van der Waals surface area (Å²) in [5.41, 5.74) is 3.61. The summed E-state index contributed by atoms with van der Waals surface area (Å²) in [7, 11) is 0. The van der Waals surface area contributed by atoms with Crippen LogP contribution in [0.15, 0.2) is 29.2 Å². The number of carbonyl (C=O) groups is 1. The smallest absolute Gasteiger partial charge is 0.235 e. The normalized spacial score (nSPS) is 9.95. The predicted molar refractivity (Wildman–Crippen MR) is 80.5 cm³/mol. The van der Waals surface area contributed by atoms with Gasteiger partial charge in [-0.1, -0.05) is 0 Å². The van der Waals surface area contributed by atoms with E-state index in [0.29, 0.717) is 18.0 Å². The Morgan fingerprint density at radius 1 is 1.50 bits per heavy atom. The second-order valence-corrected chi connectivity index (χ2v) is 5.61. The molecule has 7 heteroatoms. The fourth-order valence-corrected chi connectivity index (χ4v) is 2.87. The minimum absolute atomic E-state index is 0.105. The highest BCUT2D eigenvalue weighted by Gasteiger charge is 2.05. The fraction of sp³-hybridized carbons (Fsp3) is 0.231.